The molecular weight excluding hydrogens is 376 g/mol. The maximum absolute atomic E-state index is 14.1. The minimum Gasteiger partial charge on any atom is -0.496 e. The van der Waals surface area contributed by atoms with Gasteiger partial charge >= 0.3 is 5.97 Å². The van der Waals surface area contributed by atoms with Crippen LogP contribution in [0.1, 0.15) is 24.3 Å². The number of halogens is 2. The molecule has 0 saturated carbocycles. The largest absolute Gasteiger partial charge is 0.496 e. The van der Waals surface area contributed by atoms with Gasteiger partial charge in [0, 0.05) is 6.07 Å². The highest BCUT2D eigenvalue weighted by Crippen LogP contribution is 2.34. The van der Waals surface area contributed by atoms with E-state index in [-0.39, 0.29) is 18.3 Å². The van der Waals surface area contributed by atoms with Gasteiger partial charge in [0.1, 0.15) is 11.6 Å². The zero-order chi connectivity index (χ0) is 14.7. The van der Waals surface area contributed by atoms with Gasteiger partial charge in [-0.15, -0.1) is 0 Å². The number of methoxy groups -OCH3 is 1. The molecule has 1 N–H and O–H groups in total. The third-order valence-corrected chi connectivity index (χ3v) is 4.50. The summed E-state index contributed by atoms with van der Waals surface area (Å²) in [6.45, 7) is 1.45. The van der Waals surface area contributed by atoms with Crippen LogP contribution in [-0.2, 0) is 4.79 Å². The van der Waals surface area contributed by atoms with Crippen LogP contribution in [0.2, 0.25) is 0 Å². The minimum absolute atomic E-state index is 0.0648. The molecule has 0 aromatic heterocycles. The second-order valence-corrected chi connectivity index (χ2v) is 6.11. The van der Waals surface area contributed by atoms with Crippen molar-refractivity contribution < 1.29 is 19.0 Å². The van der Waals surface area contributed by atoms with Gasteiger partial charge in [-0.05, 0) is 66.1 Å². The molecule has 6 heteroatoms. The SMILES string of the molecule is COc1cc(F)c(C2CCN(CC(=O)O)CC2)cc1I. The van der Waals surface area contributed by atoms with Crippen molar-refractivity contribution in [3.8, 4) is 5.75 Å². The van der Waals surface area contributed by atoms with Gasteiger partial charge < -0.3 is 9.84 Å². The number of nitrogens with zero attached hydrogens (tertiary/aromatic N) is 1. The topological polar surface area (TPSA) is 49.8 Å². The van der Waals surface area contributed by atoms with Crippen LogP contribution >= 0.6 is 22.6 Å². The van der Waals surface area contributed by atoms with E-state index in [0.29, 0.717) is 24.4 Å². The Morgan fingerprint density at radius 1 is 1.50 bits per heavy atom. The molecule has 1 saturated heterocycles. The number of carbonyl (C=O) groups is 1. The fourth-order valence-electron chi connectivity index (χ4n) is 2.61. The number of ether oxygens (including phenoxy) is 1. The maximum Gasteiger partial charge on any atom is 0.317 e. The Hall–Kier alpha value is -0.890. The van der Waals surface area contributed by atoms with Crippen LogP contribution in [0.3, 0.4) is 0 Å². The zero-order valence-electron chi connectivity index (χ0n) is 11.2. The Morgan fingerprint density at radius 2 is 2.15 bits per heavy atom. The third-order valence-electron chi connectivity index (χ3n) is 3.66. The van der Waals surface area contributed by atoms with E-state index in [1.54, 1.807) is 0 Å². The average molecular weight is 393 g/mol. The van der Waals surface area contributed by atoms with E-state index in [1.807, 2.05) is 11.0 Å². The summed E-state index contributed by atoms with van der Waals surface area (Å²) in [7, 11) is 1.53. The van der Waals surface area contributed by atoms with Crippen molar-refractivity contribution in [3.05, 3.63) is 27.1 Å². The van der Waals surface area contributed by atoms with E-state index in [1.165, 1.54) is 13.2 Å². The highest BCUT2D eigenvalue weighted by molar-refractivity contribution is 14.1. The lowest BCUT2D eigenvalue weighted by Gasteiger charge is -2.31. The van der Waals surface area contributed by atoms with Gasteiger partial charge in [-0.25, -0.2) is 4.39 Å². The van der Waals surface area contributed by atoms with Crippen LogP contribution in [-0.4, -0.2) is 42.7 Å². The molecule has 0 aliphatic carbocycles. The number of carboxylic acid groups (broad SMARTS) is 1. The predicted molar refractivity (Wildman–Crippen MR) is 81.7 cm³/mol. The van der Waals surface area contributed by atoms with Crippen molar-refractivity contribution >= 4 is 28.6 Å². The Labute approximate surface area is 131 Å². The third kappa shape index (κ3) is 3.60. The monoisotopic (exact) mass is 393 g/mol. The predicted octanol–water partition coefficient (Wildman–Crippen LogP) is 2.70. The first-order chi connectivity index (χ1) is 9.51. The molecule has 0 unspecified atom stereocenters. The van der Waals surface area contributed by atoms with Crippen molar-refractivity contribution in [2.45, 2.75) is 18.8 Å². The lowest BCUT2D eigenvalue weighted by molar-refractivity contribution is -0.138. The standard InChI is InChI=1S/C14H17FINO3/c1-20-13-7-11(15)10(6-12(13)16)9-2-4-17(5-3-9)8-14(18)19/h6-7,9H,2-5,8H2,1H3,(H,18,19). The van der Waals surface area contributed by atoms with Gasteiger partial charge in [0.15, 0.2) is 0 Å². The van der Waals surface area contributed by atoms with Gasteiger partial charge in [-0.2, -0.15) is 0 Å². The van der Waals surface area contributed by atoms with Gasteiger partial charge in [-0.1, -0.05) is 0 Å². The summed E-state index contributed by atoms with van der Waals surface area (Å²) in [6.07, 6.45) is 1.57. The van der Waals surface area contributed by atoms with Crippen LogP contribution in [0.15, 0.2) is 12.1 Å². The Bertz CT molecular complexity index is 501. The van der Waals surface area contributed by atoms with Gasteiger partial charge in [0.2, 0.25) is 0 Å². The van der Waals surface area contributed by atoms with Crippen LogP contribution in [0.4, 0.5) is 4.39 Å². The molecule has 1 aromatic rings. The highest BCUT2D eigenvalue weighted by atomic mass is 127. The molecule has 20 heavy (non-hydrogen) atoms. The second kappa shape index (κ2) is 6.71. The summed E-state index contributed by atoms with van der Waals surface area (Å²) in [5.74, 6) is -0.345. The van der Waals surface area contributed by atoms with E-state index in [2.05, 4.69) is 22.6 Å². The molecule has 0 radical (unpaired) electrons. The Balaban J connectivity index is 2.07. The lowest BCUT2D eigenvalue weighted by Crippen LogP contribution is -2.36. The highest BCUT2D eigenvalue weighted by Gasteiger charge is 2.24. The molecule has 1 aliphatic rings. The molecule has 1 aliphatic heterocycles. The van der Waals surface area contributed by atoms with Gasteiger partial charge in [-0.3, -0.25) is 9.69 Å². The summed E-state index contributed by atoms with van der Waals surface area (Å²) >= 11 is 2.14. The summed E-state index contributed by atoms with van der Waals surface area (Å²) in [4.78, 5) is 12.6. The summed E-state index contributed by atoms with van der Waals surface area (Å²) in [5, 5.41) is 8.77. The fourth-order valence-corrected chi connectivity index (χ4v) is 3.32. The normalized spacial score (nSPS) is 17.1. The number of piperidine rings is 1. The summed E-state index contributed by atoms with van der Waals surface area (Å²) in [6, 6.07) is 3.27. The number of hydrogen-bond donors (Lipinski definition) is 1. The molecule has 4 nitrogen and oxygen atoms in total. The summed E-state index contributed by atoms with van der Waals surface area (Å²) in [5.41, 5.74) is 0.713. The molecule has 2 rings (SSSR count). The molecular formula is C14H17FINO3. The average Bonchev–Trinajstić information content (AvgIpc) is 2.41. The van der Waals surface area contributed by atoms with Gasteiger partial charge in [0.25, 0.3) is 0 Å². The van der Waals surface area contributed by atoms with Crippen LogP contribution in [0.5, 0.6) is 5.75 Å². The van der Waals surface area contributed by atoms with Crippen LogP contribution in [0.25, 0.3) is 0 Å². The zero-order valence-corrected chi connectivity index (χ0v) is 13.4. The fraction of sp³-hybridized carbons (Fsp3) is 0.500. The first-order valence-corrected chi connectivity index (χ1v) is 7.56. The van der Waals surface area contributed by atoms with Crippen molar-refractivity contribution in [2.75, 3.05) is 26.7 Å². The van der Waals surface area contributed by atoms with E-state index < -0.39 is 5.97 Å². The summed E-state index contributed by atoms with van der Waals surface area (Å²) < 4.78 is 20.1. The van der Waals surface area contributed by atoms with E-state index >= 15 is 0 Å². The van der Waals surface area contributed by atoms with Crippen molar-refractivity contribution in [1.29, 1.82) is 0 Å². The van der Waals surface area contributed by atoms with E-state index in [0.717, 1.165) is 16.4 Å². The number of benzene rings is 1. The number of likely N-dealkylation sites (tertiary alicyclic amines) is 1. The number of rotatable bonds is 4. The lowest BCUT2D eigenvalue weighted by atomic mass is 9.89. The minimum atomic E-state index is -0.811. The smallest absolute Gasteiger partial charge is 0.317 e. The first kappa shape index (κ1) is 15.5. The molecule has 0 atom stereocenters. The Morgan fingerprint density at radius 3 is 2.70 bits per heavy atom. The van der Waals surface area contributed by atoms with Gasteiger partial charge in [0.05, 0.1) is 17.2 Å². The maximum atomic E-state index is 14.1. The number of aliphatic carboxylic acids is 1. The molecule has 0 spiro atoms. The molecule has 110 valence electrons. The quantitative estimate of drug-likeness (QED) is 0.800. The molecule has 0 bridgehead atoms. The van der Waals surface area contributed by atoms with E-state index in [4.69, 9.17) is 9.84 Å². The Kier molecular flexibility index (Phi) is 5.20. The molecule has 1 aromatic carbocycles. The first-order valence-electron chi connectivity index (χ1n) is 6.48. The molecule has 1 heterocycles. The van der Waals surface area contributed by atoms with E-state index in [9.17, 15) is 9.18 Å². The number of carboxylic acids is 1. The molecule has 0 amide bonds. The van der Waals surface area contributed by atoms with Crippen molar-refractivity contribution in [3.63, 3.8) is 0 Å². The molecule has 1 fully saturated rings. The number of hydrogen-bond acceptors (Lipinski definition) is 3. The van der Waals surface area contributed by atoms with Crippen molar-refractivity contribution in [2.24, 2.45) is 0 Å². The second-order valence-electron chi connectivity index (χ2n) is 4.95. The van der Waals surface area contributed by atoms with Crippen LogP contribution < -0.4 is 4.74 Å². The van der Waals surface area contributed by atoms with Crippen LogP contribution in [0, 0.1) is 9.39 Å². The van der Waals surface area contributed by atoms with Crippen molar-refractivity contribution in [1.82, 2.24) is 4.90 Å².